The van der Waals surface area contributed by atoms with Crippen molar-refractivity contribution in [3.05, 3.63) is 34.9 Å². The van der Waals surface area contributed by atoms with Crippen molar-refractivity contribution in [3.8, 4) is 0 Å². The molecule has 0 spiro atoms. The Hall–Kier alpha value is -0.570. The highest BCUT2D eigenvalue weighted by atomic mass is 35.5. The molecule has 0 aromatic heterocycles. The lowest BCUT2D eigenvalue weighted by atomic mass is 10.0. The molecular formula is C15H23ClN2. The summed E-state index contributed by atoms with van der Waals surface area (Å²) in [5, 5.41) is 4.43. The molecule has 1 aromatic carbocycles. The molecule has 2 unspecified atom stereocenters. The Bertz CT molecular complexity index is 379. The van der Waals surface area contributed by atoms with E-state index in [1.807, 2.05) is 12.1 Å². The van der Waals surface area contributed by atoms with Crippen LogP contribution in [0.25, 0.3) is 0 Å². The molecular weight excluding hydrogens is 244 g/mol. The Morgan fingerprint density at radius 1 is 1.50 bits per heavy atom. The van der Waals surface area contributed by atoms with Crippen molar-refractivity contribution in [1.29, 1.82) is 0 Å². The van der Waals surface area contributed by atoms with E-state index in [9.17, 15) is 0 Å². The van der Waals surface area contributed by atoms with Gasteiger partial charge in [-0.2, -0.15) is 0 Å². The van der Waals surface area contributed by atoms with Crippen molar-refractivity contribution in [3.63, 3.8) is 0 Å². The third-order valence-electron chi connectivity index (χ3n) is 3.80. The van der Waals surface area contributed by atoms with Gasteiger partial charge in [-0.25, -0.2) is 0 Å². The van der Waals surface area contributed by atoms with Crippen LogP contribution in [0.3, 0.4) is 0 Å². The lowest BCUT2D eigenvalue weighted by Crippen LogP contribution is -2.51. The number of halogens is 1. The van der Waals surface area contributed by atoms with Crippen LogP contribution >= 0.6 is 11.6 Å². The van der Waals surface area contributed by atoms with E-state index >= 15 is 0 Å². The molecule has 1 fully saturated rings. The molecule has 1 aliphatic heterocycles. The number of nitrogens with zero attached hydrogens (tertiary/aromatic N) is 1. The zero-order valence-corrected chi connectivity index (χ0v) is 12.1. The van der Waals surface area contributed by atoms with Crippen LogP contribution in [0.2, 0.25) is 5.02 Å². The SMILES string of the molecule is CCCC1CN(C(C)c2cccc(Cl)c2)CCN1. The second-order valence-corrected chi connectivity index (χ2v) is 5.60. The third kappa shape index (κ3) is 3.47. The summed E-state index contributed by atoms with van der Waals surface area (Å²) < 4.78 is 0. The summed E-state index contributed by atoms with van der Waals surface area (Å²) in [4.78, 5) is 2.56. The van der Waals surface area contributed by atoms with Crippen molar-refractivity contribution in [2.75, 3.05) is 19.6 Å². The number of nitrogens with one attached hydrogen (secondary N) is 1. The largest absolute Gasteiger partial charge is 0.311 e. The van der Waals surface area contributed by atoms with Crippen LogP contribution in [0, 0.1) is 0 Å². The molecule has 100 valence electrons. The zero-order chi connectivity index (χ0) is 13.0. The lowest BCUT2D eigenvalue weighted by Gasteiger charge is -2.37. The first kappa shape index (κ1) is 13.9. The van der Waals surface area contributed by atoms with Crippen LogP contribution in [-0.4, -0.2) is 30.6 Å². The van der Waals surface area contributed by atoms with Gasteiger partial charge in [0.2, 0.25) is 0 Å². The van der Waals surface area contributed by atoms with E-state index in [0.29, 0.717) is 12.1 Å². The van der Waals surface area contributed by atoms with E-state index in [0.717, 1.165) is 24.7 Å². The number of rotatable bonds is 4. The zero-order valence-electron chi connectivity index (χ0n) is 11.3. The Morgan fingerprint density at radius 2 is 2.33 bits per heavy atom. The van der Waals surface area contributed by atoms with E-state index in [1.165, 1.54) is 18.4 Å². The van der Waals surface area contributed by atoms with Gasteiger partial charge in [-0.05, 0) is 31.0 Å². The first-order valence-corrected chi connectivity index (χ1v) is 7.31. The Morgan fingerprint density at radius 3 is 3.06 bits per heavy atom. The summed E-state index contributed by atoms with van der Waals surface area (Å²) in [7, 11) is 0. The van der Waals surface area contributed by atoms with Gasteiger partial charge >= 0.3 is 0 Å². The lowest BCUT2D eigenvalue weighted by molar-refractivity contribution is 0.149. The van der Waals surface area contributed by atoms with Crippen LogP contribution in [0.5, 0.6) is 0 Å². The summed E-state index contributed by atoms with van der Waals surface area (Å²) in [5.74, 6) is 0. The summed E-state index contributed by atoms with van der Waals surface area (Å²) in [6.07, 6.45) is 2.51. The second-order valence-electron chi connectivity index (χ2n) is 5.17. The molecule has 1 N–H and O–H groups in total. The molecule has 3 heteroatoms. The van der Waals surface area contributed by atoms with Crippen LogP contribution < -0.4 is 5.32 Å². The number of piperazine rings is 1. The predicted molar refractivity (Wildman–Crippen MR) is 78.1 cm³/mol. The summed E-state index contributed by atoms with van der Waals surface area (Å²) >= 11 is 6.08. The number of benzene rings is 1. The molecule has 0 radical (unpaired) electrons. The number of hydrogen-bond acceptors (Lipinski definition) is 2. The van der Waals surface area contributed by atoms with Gasteiger partial charge in [0.25, 0.3) is 0 Å². The molecule has 1 aromatic rings. The van der Waals surface area contributed by atoms with Gasteiger partial charge in [0.15, 0.2) is 0 Å². The predicted octanol–water partition coefficient (Wildman–Crippen LogP) is 3.47. The molecule has 1 saturated heterocycles. The molecule has 2 atom stereocenters. The second kappa shape index (κ2) is 6.55. The van der Waals surface area contributed by atoms with E-state index < -0.39 is 0 Å². The molecule has 2 rings (SSSR count). The summed E-state index contributed by atoms with van der Waals surface area (Å²) in [6, 6.07) is 9.33. The molecule has 2 nitrogen and oxygen atoms in total. The van der Waals surface area contributed by atoms with Gasteiger partial charge in [-0.3, -0.25) is 4.90 Å². The van der Waals surface area contributed by atoms with Crippen LogP contribution in [-0.2, 0) is 0 Å². The standard InChI is InChI=1S/C15H23ClN2/c1-3-5-15-11-18(9-8-17-15)12(2)13-6-4-7-14(16)10-13/h4,6-7,10,12,15,17H,3,5,8-9,11H2,1-2H3. The van der Waals surface area contributed by atoms with Gasteiger partial charge < -0.3 is 5.32 Å². The van der Waals surface area contributed by atoms with Gasteiger partial charge in [0, 0.05) is 36.7 Å². The molecule has 18 heavy (non-hydrogen) atoms. The fourth-order valence-corrected chi connectivity index (χ4v) is 2.92. The Labute approximate surface area is 115 Å². The van der Waals surface area contributed by atoms with E-state index in [-0.39, 0.29) is 0 Å². The Kier molecular flexibility index (Phi) is 5.04. The minimum Gasteiger partial charge on any atom is -0.311 e. The fourth-order valence-electron chi connectivity index (χ4n) is 2.72. The minimum absolute atomic E-state index is 0.449. The maximum absolute atomic E-state index is 6.08. The van der Waals surface area contributed by atoms with Crippen molar-refractivity contribution in [2.24, 2.45) is 0 Å². The van der Waals surface area contributed by atoms with Gasteiger partial charge in [0.1, 0.15) is 0 Å². The summed E-state index contributed by atoms with van der Waals surface area (Å²) in [5.41, 5.74) is 1.32. The molecule has 1 aliphatic rings. The van der Waals surface area contributed by atoms with E-state index in [1.54, 1.807) is 0 Å². The molecule has 0 saturated carbocycles. The highest BCUT2D eigenvalue weighted by Crippen LogP contribution is 2.24. The van der Waals surface area contributed by atoms with Crippen molar-refractivity contribution in [2.45, 2.75) is 38.8 Å². The van der Waals surface area contributed by atoms with Gasteiger partial charge in [0.05, 0.1) is 0 Å². The van der Waals surface area contributed by atoms with Crippen LogP contribution in [0.4, 0.5) is 0 Å². The average Bonchev–Trinajstić information content (AvgIpc) is 2.39. The third-order valence-corrected chi connectivity index (χ3v) is 4.04. The molecule has 0 bridgehead atoms. The van der Waals surface area contributed by atoms with Crippen molar-refractivity contribution >= 4 is 11.6 Å². The summed E-state index contributed by atoms with van der Waals surface area (Å²) in [6.45, 7) is 7.88. The molecule has 0 aliphatic carbocycles. The first-order valence-electron chi connectivity index (χ1n) is 6.93. The quantitative estimate of drug-likeness (QED) is 0.898. The van der Waals surface area contributed by atoms with Crippen LogP contribution in [0.15, 0.2) is 24.3 Å². The van der Waals surface area contributed by atoms with Crippen molar-refractivity contribution < 1.29 is 0 Å². The molecule has 1 heterocycles. The van der Waals surface area contributed by atoms with Crippen LogP contribution in [0.1, 0.15) is 38.3 Å². The van der Waals surface area contributed by atoms with Crippen molar-refractivity contribution in [1.82, 2.24) is 10.2 Å². The smallest absolute Gasteiger partial charge is 0.0409 e. The van der Waals surface area contributed by atoms with Gasteiger partial charge in [-0.15, -0.1) is 0 Å². The number of hydrogen-bond donors (Lipinski definition) is 1. The molecule has 0 amide bonds. The maximum atomic E-state index is 6.08. The van der Waals surface area contributed by atoms with Gasteiger partial charge in [-0.1, -0.05) is 37.1 Å². The maximum Gasteiger partial charge on any atom is 0.0409 e. The average molecular weight is 267 g/mol. The Balaban J connectivity index is 2.02. The highest BCUT2D eigenvalue weighted by Gasteiger charge is 2.23. The van der Waals surface area contributed by atoms with E-state index in [4.69, 9.17) is 11.6 Å². The normalized spacial score (nSPS) is 22.9. The highest BCUT2D eigenvalue weighted by molar-refractivity contribution is 6.30. The monoisotopic (exact) mass is 266 g/mol. The topological polar surface area (TPSA) is 15.3 Å². The fraction of sp³-hybridized carbons (Fsp3) is 0.600. The first-order chi connectivity index (χ1) is 8.70. The van der Waals surface area contributed by atoms with E-state index in [2.05, 4.69) is 36.2 Å². The minimum atomic E-state index is 0.449.